The Morgan fingerprint density at radius 2 is 1.62 bits per heavy atom. The number of benzene rings is 5. The SMILES string of the molecule is COC(=O)CCCCN1C(=O)[C@@]2(O[C@@H](CC(=O)N(CCO)Cc3ccccc3)[C@H]([Si](C)(C)c3ccc(OC)cc3)[C@H]2C)c2cc(N3C(=O)c4cccc5cccc3c45)ccc21. The van der Waals surface area contributed by atoms with Crippen LogP contribution in [0, 0.1) is 5.92 Å². The van der Waals surface area contributed by atoms with Crippen LogP contribution in [0.3, 0.4) is 0 Å². The van der Waals surface area contributed by atoms with E-state index in [1.165, 1.54) is 7.11 Å². The summed E-state index contributed by atoms with van der Waals surface area (Å²) in [4.78, 5) is 61.5. The van der Waals surface area contributed by atoms with Gasteiger partial charge in [0.05, 0.1) is 58.4 Å². The van der Waals surface area contributed by atoms with E-state index in [2.05, 4.69) is 32.2 Å². The first-order valence-electron chi connectivity index (χ1n) is 21.1. The summed E-state index contributed by atoms with van der Waals surface area (Å²) in [6.07, 6.45) is 0.625. The van der Waals surface area contributed by atoms with E-state index in [4.69, 9.17) is 14.2 Å². The number of amides is 3. The number of nitrogens with zero attached hydrogens (tertiary/aromatic N) is 3. The van der Waals surface area contributed by atoms with Crippen LogP contribution in [0.25, 0.3) is 10.8 Å². The number of carbonyl (C=O) groups is 4. The normalized spacial score (nSPS) is 20.5. The third-order valence-corrected chi connectivity index (χ3v) is 17.5. The highest BCUT2D eigenvalue weighted by molar-refractivity contribution is 6.91. The quantitative estimate of drug-likeness (QED) is 0.0655. The fourth-order valence-electron chi connectivity index (χ4n) is 10.2. The molecule has 4 atom stereocenters. The molecule has 0 aromatic heterocycles. The summed E-state index contributed by atoms with van der Waals surface area (Å²) < 4.78 is 17.8. The fourth-order valence-corrected chi connectivity index (χ4v) is 14.2. The van der Waals surface area contributed by atoms with E-state index < -0.39 is 25.7 Å². The molecular formula is C49H53N3O8Si. The van der Waals surface area contributed by atoms with Crippen LogP contribution in [0.5, 0.6) is 5.75 Å². The molecule has 3 heterocycles. The molecule has 3 amide bonds. The number of methoxy groups -OCH3 is 2. The molecule has 61 heavy (non-hydrogen) atoms. The van der Waals surface area contributed by atoms with Gasteiger partial charge in [-0.1, -0.05) is 91.9 Å². The number of carbonyl (C=O) groups excluding carboxylic acids is 4. The maximum Gasteiger partial charge on any atom is 0.305 e. The molecule has 0 saturated carbocycles. The maximum absolute atomic E-state index is 15.5. The molecule has 5 aromatic rings. The summed E-state index contributed by atoms with van der Waals surface area (Å²) in [7, 11) is 0.373. The highest BCUT2D eigenvalue weighted by atomic mass is 28.3. The average Bonchev–Trinajstić information content (AvgIpc) is 3.83. The second-order valence-electron chi connectivity index (χ2n) is 16.9. The van der Waals surface area contributed by atoms with Crippen molar-refractivity contribution in [3.05, 3.63) is 126 Å². The Kier molecular flexibility index (Phi) is 11.6. The predicted molar refractivity (Wildman–Crippen MR) is 238 cm³/mol. The number of aliphatic hydroxyl groups is 1. The molecule has 316 valence electrons. The zero-order valence-corrected chi connectivity index (χ0v) is 36.4. The smallest absolute Gasteiger partial charge is 0.305 e. The lowest BCUT2D eigenvalue weighted by Crippen LogP contribution is -2.52. The van der Waals surface area contributed by atoms with Crippen molar-refractivity contribution < 1.29 is 38.5 Å². The molecule has 0 radical (unpaired) electrons. The van der Waals surface area contributed by atoms with Crippen molar-refractivity contribution in [1.82, 2.24) is 4.90 Å². The number of rotatable bonds is 15. The third-order valence-electron chi connectivity index (χ3n) is 13.2. The highest BCUT2D eigenvalue weighted by Gasteiger charge is 2.66. The second-order valence-corrected chi connectivity index (χ2v) is 21.6. The van der Waals surface area contributed by atoms with E-state index in [1.54, 1.807) is 21.8 Å². The van der Waals surface area contributed by atoms with Gasteiger partial charge in [-0.3, -0.25) is 24.1 Å². The fraction of sp³-hybridized carbons (Fsp3) is 0.347. The molecule has 8 rings (SSSR count). The Balaban J connectivity index is 1.24. The lowest BCUT2D eigenvalue weighted by Gasteiger charge is -2.37. The Morgan fingerprint density at radius 3 is 2.33 bits per heavy atom. The molecule has 3 aliphatic rings. The highest BCUT2D eigenvalue weighted by Crippen LogP contribution is 2.61. The van der Waals surface area contributed by atoms with Gasteiger partial charge in [-0.15, -0.1) is 0 Å². The van der Waals surface area contributed by atoms with E-state index in [9.17, 15) is 19.5 Å². The lowest BCUT2D eigenvalue weighted by molar-refractivity contribution is -0.149. The van der Waals surface area contributed by atoms with Gasteiger partial charge < -0.3 is 29.1 Å². The van der Waals surface area contributed by atoms with Crippen LogP contribution < -0.4 is 19.7 Å². The van der Waals surface area contributed by atoms with Gasteiger partial charge >= 0.3 is 5.97 Å². The van der Waals surface area contributed by atoms with Crippen LogP contribution in [0.15, 0.2) is 109 Å². The summed E-state index contributed by atoms with van der Waals surface area (Å²) in [6, 6.07) is 35.1. The van der Waals surface area contributed by atoms with E-state index in [0.717, 1.165) is 33.0 Å². The van der Waals surface area contributed by atoms with Crippen molar-refractivity contribution in [3.8, 4) is 5.75 Å². The van der Waals surface area contributed by atoms with Crippen molar-refractivity contribution in [2.24, 2.45) is 5.92 Å². The average molecular weight is 840 g/mol. The van der Waals surface area contributed by atoms with Crippen molar-refractivity contribution in [3.63, 3.8) is 0 Å². The van der Waals surface area contributed by atoms with Crippen LogP contribution >= 0.6 is 0 Å². The van der Waals surface area contributed by atoms with E-state index in [1.807, 2.05) is 97.1 Å². The van der Waals surface area contributed by atoms with Crippen LogP contribution in [0.1, 0.15) is 54.1 Å². The molecule has 12 heteroatoms. The largest absolute Gasteiger partial charge is 0.497 e. The minimum Gasteiger partial charge on any atom is -0.497 e. The monoisotopic (exact) mass is 839 g/mol. The number of anilines is 3. The predicted octanol–water partition coefficient (Wildman–Crippen LogP) is 7.46. The first-order valence-corrected chi connectivity index (χ1v) is 24.2. The van der Waals surface area contributed by atoms with Gasteiger partial charge in [0.1, 0.15) is 5.75 Å². The zero-order chi connectivity index (χ0) is 43.1. The van der Waals surface area contributed by atoms with E-state index >= 15 is 4.79 Å². The first kappa shape index (κ1) is 41.9. The minimum absolute atomic E-state index is 0.000470. The second kappa shape index (κ2) is 16.9. The summed E-state index contributed by atoms with van der Waals surface area (Å²) in [5, 5.41) is 13.1. The Labute approximate surface area is 357 Å². The molecule has 1 spiro atoms. The summed E-state index contributed by atoms with van der Waals surface area (Å²) >= 11 is 0. The standard InChI is InChI=1S/C49H53N3O8Si/c1-32-46(61(4,5)37-23-21-36(58-2)22-24-37)42(30-43(54)50(27-28-53)31-33-13-7-6-8-14-33)60-49(32)39-29-35(20-25-40(39)51(48(49)57)26-10-9-19-44(55)59-3)52-41-18-12-16-34-15-11-17-38(45(34)41)47(52)56/h6-8,11-18,20-25,29,32,42,46,53H,9-10,19,26-28,30-31H2,1-5H3/t32-,42+,46-,49+/m1/s1. The number of unbranched alkanes of at least 4 members (excludes halogenated alkanes) is 1. The Morgan fingerprint density at radius 1 is 0.885 bits per heavy atom. The van der Waals surface area contributed by atoms with Crippen molar-refractivity contribution in [1.29, 1.82) is 0 Å². The molecule has 1 N–H and O–H groups in total. The van der Waals surface area contributed by atoms with E-state index in [0.29, 0.717) is 48.4 Å². The van der Waals surface area contributed by atoms with Crippen molar-refractivity contribution >= 4 is 64.8 Å². The van der Waals surface area contributed by atoms with Gasteiger partial charge in [0, 0.05) is 48.6 Å². The molecule has 0 unspecified atom stereocenters. The van der Waals surface area contributed by atoms with E-state index in [-0.39, 0.29) is 55.2 Å². The molecule has 5 aromatic carbocycles. The molecule has 0 aliphatic carbocycles. The van der Waals surface area contributed by atoms with Crippen LogP contribution in [0.4, 0.5) is 17.1 Å². The molecule has 1 fully saturated rings. The number of aliphatic hydroxyl groups excluding tert-OH is 1. The van der Waals surface area contributed by atoms with Gasteiger partial charge in [0.25, 0.3) is 11.8 Å². The molecule has 3 aliphatic heterocycles. The molecular weight excluding hydrogens is 787 g/mol. The minimum atomic E-state index is -2.63. The van der Waals surface area contributed by atoms with Crippen molar-refractivity contribution in [2.75, 3.05) is 43.7 Å². The zero-order valence-electron chi connectivity index (χ0n) is 35.4. The maximum atomic E-state index is 15.5. The van der Waals surface area contributed by atoms with Gasteiger partial charge in [-0.05, 0) is 71.8 Å². The lowest BCUT2D eigenvalue weighted by atomic mass is 9.82. The Bertz CT molecular complexity index is 2470. The van der Waals surface area contributed by atoms with Gasteiger partial charge in [-0.25, -0.2) is 0 Å². The summed E-state index contributed by atoms with van der Waals surface area (Å²) in [5.41, 5.74) is 2.55. The topological polar surface area (TPSA) is 126 Å². The number of esters is 1. The van der Waals surface area contributed by atoms with Crippen LogP contribution in [-0.4, -0.2) is 81.8 Å². The van der Waals surface area contributed by atoms with Crippen LogP contribution in [-0.2, 0) is 36.0 Å². The van der Waals surface area contributed by atoms with Crippen molar-refractivity contribution in [2.45, 2.75) is 69.5 Å². The molecule has 0 bridgehead atoms. The van der Waals surface area contributed by atoms with Crippen LogP contribution in [0.2, 0.25) is 18.6 Å². The number of ether oxygens (including phenoxy) is 3. The number of hydrogen-bond acceptors (Lipinski definition) is 8. The van der Waals surface area contributed by atoms with Gasteiger partial charge in [0.15, 0.2) is 5.60 Å². The first-order chi connectivity index (χ1) is 29.4. The number of hydrogen-bond donors (Lipinski definition) is 1. The Hall–Kier alpha value is -5.82. The molecule has 1 saturated heterocycles. The van der Waals surface area contributed by atoms with Gasteiger partial charge in [-0.2, -0.15) is 0 Å². The third kappa shape index (κ3) is 7.30. The van der Waals surface area contributed by atoms with Gasteiger partial charge in [0.2, 0.25) is 5.91 Å². The number of fused-ring (bicyclic) bond motifs is 2. The molecule has 11 nitrogen and oxygen atoms in total. The summed E-state index contributed by atoms with van der Waals surface area (Å²) in [5.74, 6) is -0.536. The summed E-state index contributed by atoms with van der Waals surface area (Å²) in [6.45, 7) is 7.22.